The minimum Gasteiger partial charge on any atom is -0.335 e. The van der Waals surface area contributed by atoms with Gasteiger partial charge in [-0.15, -0.1) is 11.3 Å². The standard InChI is InChI=1S/C20H18F2N2OS/c21-16-5-6-18-15(11-16)12-19(26-18)20(25)24-9-7-23(8-10-24)13-14-3-1-2-4-17(14)22/h1-6,11-12H,7-10,13H2. The Kier molecular flexibility index (Phi) is 4.70. The third kappa shape index (κ3) is 3.48. The van der Waals surface area contributed by atoms with Crippen molar-refractivity contribution in [1.82, 2.24) is 9.80 Å². The van der Waals surface area contributed by atoms with E-state index >= 15 is 0 Å². The number of fused-ring (bicyclic) bond motifs is 1. The van der Waals surface area contributed by atoms with Crippen molar-refractivity contribution < 1.29 is 13.6 Å². The Bertz CT molecular complexity index is 948. The summed E-state index contributed by atoms with van der Waals surface area (Å²) in [6.45, 7) is 3.18. The van der Waals surface area contributed by atoms with Gasteiger partial charge in [0.25, 0.3) is 5.91 Å². The fourth-order valence-electron chi connectivity index (χ4n) is 3.25. The minimum absolute atomic E-state index is 0.0165. The predicted molar refractivity (Wildman–Crippen MR) is 99.4 cm³/mol. The molecule has 1 aromatic heterocycles. The fourth-order valence-corrected chi connectivity index (χ4v) is 4.26. The summed E-state index contributed by atoms with van der Waals surface area (Å²) in [5, 5.41) is 0.761. The molecule has 0 atom stereocenters. The number of thiophene rings is 1. The van der Waals surface area contributed by atoms with E-state index in [1.807, 2.05) is 11.0 Å². The number of rotatable bonds is 3. The average molecular weight is 372 g/mol. The number of amides is 1. The number of carbonyl (C=O) groups is 1. The molecule has 1 aliphatic heterocycles. The highest BCUT2D eigenvalue weighted by Crippen LogP contribution is 2.27. The summed E-state index contributed by atoms with van der Waals surface area (Å²) in [6, 6.07) is 13.1. The molecule has 134 valence electrons. The van der Waals surface area contributed by atoms with Crippen LogP contribution in [-0.4, -0.2) is 41.9 Å². The van der Waals surface area contributed by atoms with Gasteiger partial charge in [-0.2, -0.15) is 0 Å². The van der Waals surface area contributed by atoms with Crippen LogP contribution in [0.25, 0.3) is 10.1 Å². The van der Waals surface area contributed by atoms with E-state index in [0.717, 1.165) is 10.1 Å². The Morgan fingerprint density at radius 2 is 1.77 bits per heavy atom. The molecule has 4 rings (SSSR count). The normalized spacial score (nSPS) is 15.5. The molecule has 0 aliphatic carbocycles. The molecule has 26 heavy (non-hydrogen) atoms. The first kappa shape index (κ1) is 17.1. The molecule has 0 saturated carbocycles. The molecule has 0 N–H and O–H groups in total. The van der Waals surface area contributed by atoms with Crippen LogP contribution in [0.4, 0.5) is 8.78 Å². The Labute approximate surface area is 154 Å². The first-order chi connectivity index (χ1) is 12.6. The van der Waals surface area contributed by atoms with Crippen molar-refractivity contribution >= 4 is 27.3 Å². The highest BCUT2D eigenvalue weighted by molar-refractivity contribution is 7.20. The molecular formula is C20H18F2N2OS. The zero-order valence-corrected chi connectivity index (χ0v) is 14.9. The summed E-state index contributed by atoms with van der Waals surface area (Å²) in [6.07, 6.45) is 0. The third-order valence-electron chi connectivity index (χ3n) is 4.70. The highest BCUT2D eigenvalue weighted by atomic mass is 32.1. The second-order valence-corrected chi connectivity index (χ2v) is 7.54. The van der Waals surface area contributed by atoms with Crippen molar-refractivity contribution in [1.29, 1.82) is 0 Å². The molecule has 1 saturated heterocycles. The van der Waals surface area contributed by atoms with Gasteiger partial charge >= 0.3 is 0 Å². The lowest BCUT2D eigenvalue weighted by Crippen LogP contribution is -2.48. The molecule has 1 amide bonds. The van der Waals surface area contributed by atoms with Gasteiger partial charge in [-0.05, 0) is 35.7 Å². The molecule has 1 aliphatic rings. The van der Waals surface area contributed by atoms with Gasteiger partial charge in [-0.25, -0.2) is 8.78 Å². The maximum absolute atomic E-state index is 13.8. The first-order valence-electron chi connectivity index (χ1n) is 8.54. The third-order valence-corrected chi connectivity index (χ3v) is 5.80. The number of piperazine rings is 1. The summed E-state index contributed by atoms with van der Waals surface area (Å²) in [4.78, 5) is 17.3. The highest BCUT2D eigenvalue weighted by Gasteiger charge is 2.24. The number of hydrogen-bond acceptors (Lipinski definition) is 3. The Morgan fingerprint density at radius 3 is 2.54 bits per heavy atom. The van der Waals surface area contributed by atoms with Gasteiger partial charge in [0.1, 0.15) is 11.6 Å². The summed E-state index contributed by atoms with van der Waals surface area (Å²) in [5.74, 6) is -0.503. The predicted octanol–water partition coefficient (Wildman–Crippen LogP) is 4.14. The number of carbonyl (C=O) groups excluding carboxylic acids is 1. The second kappa shape index (κ2) is 7.13. The second-order valence-electron chi connectivity index (χ2n) is 6.45. The smallest absolute Gasteiger partial charge is 0.264 e. The maximum atomic E-state index is 13.8. The number of nitrogens with zero attached hydrogens (tertiary/aromatic N) is 2. The summed E-state index contributed by atoms with van der Waals surface area (Å²) < 4.78 is 28.0. The van der Waals surface area contributed by atoms with Crippen LogP contribution in [0.1, 0.15) is 15.2 Å². The van der Waals surface area contributed by atoms with Gasteiger partial charge in [-0.1, -0.05) is 18.2 Å². The van der Waals surface area contributed by atoms with Gasteiger partial charge in [0, 0.05) is 43.0 Å². The lowest BCUT2D eigenvalue weighted by Gasteiger charge is -2.34. The molecule has 1 fully saturated rings. The minimum atomic E-state index is -0.295. The molecular weight excluding hydrogens is 354 g/mol. The Balaban J connectivity index is 1.40. The van der Waals surface area contributed by atoms with E-state index in [1.165, 1.54) is 29.5 Å². The molecule has 0 bridgehead atoms. The van der Waals surface area contributed by atoms with E-state index in [1.54, 1.807) is 24.3 Å². The van der Waals surface area contributed by atoms with Gasteiger partial charge < -0.3 is 4.90 Å². The molecule has 0 radical (unpaired) electrons. The number of hydrogen-bond donors (Lipinski definition) is 0. The molecule has 2 aromatic carbocycles. The van der Waals surface area contributed by atoms with Crippen molar-refractivity contribution in [3.8, 4) is 0 Å². The quantitative estimate of drug-likeness (QED) is 0.690. The maximum Gasteiger partial charge on any atom is 0.264 e. The van der Waals surface area contributed by atoms with E-state index in [0.29, 0.717) is 43.2 Å². The lowest BCUT2D eigenvalue weighted by molar-refractivity contribution is 0.0632. The van der Waals surface area contributed by atoms with Crippen LogP contribution in [0.5, 0.6) is 0 Å². The molecule has 2 heterocycles. The van der Waals surface area contributed by atoms with Crippen molar-refractivity contribution in [2.45, 2.75) is 6.54 Å². The van der Waals surface area contributed by atoms with E-state index < -0.39 is 0 Å². The number of benzene rings is 2. The zero-order valence-electron chi connectivity index (χ0n) is 14.1. The van der Waals surface area contributed by atoms with Crippen molar-refractivity contribution in [2.75, 3.05) is 26.2 Å². The van der Waals surface area contributed by atoms with Gasteiger partial charge in [0.15, 0.2) is 0 Å². The van der Waals surface area contributed by atoms with Crippen LogP contribution in [0, 0.1) is 11.6 Å². The van der Waals surface area contributed by atoms with Crippen LogP contribution < -0.4 is 0 Å². The van der Waals surface area contributed by atoms with E-state index in [9.17, 15) is 13.6 Å². The number of halogens is 2. The van der Waals surface area contributed by atoms with E-state index in [4.69, 9.17) is 0 Å². The summed E-state index contributed by atoms with van der Waals surface area (Å²) in [5.41, 5.74) is 0.679. The molecule has 6 heteroatoms. The zero-order chi connectivity index (χ0) is 18.1. The van der Waals surface area contributed by atoms with Crippen LogP contribution in [-0.2, 0) is 6.54 Å². The van der Waals surface area contributed by atoms with Crippen LogP contribution >= 0.6 is 11.3 Å². The van der Waals surface area contributed by atoms with Crippen molar-refractivity contribution in [3.63, 3.8) is 0 Å². The van der Waals surface area contributed by atoms with Crippen molar-refractivity contribution in [3.05, 3.63) is 70.6 Å². The molecule has 3 nitrogen and oxygen atoms in total. The molecule has 0 unspecified atom stereocenters. The largest absolute Gasteiger partial charge is 0.335 e. The average Bonchev–Trinajstić information content (AvgIpc) is 3.07. The molecule has 3 aromatic rings. The molecule has 0 spiro atoms. The van der Waals surface area contributed by atoms with Crippen LogP contribution in [0.3, 0.4) is 0 Å². The van der Waals surface area contributed by atoms with Crippen molar-refractivity contribution in [2.24, 2.45) is 0 Å². The van der Waals surface area contributed by atoms with Gasteiger partial charge in [0.2, 0.25) is 0 Å². The first-order valence-corrected chi connectivity index (χ1v) is 9.36. The van der Waals surface area contributed by atoms with Gasteiger partial charge in [-0.3, -0.25) is 9.69 Å². The Hall–Kier alpha value is -2.31. The summed E-state index contributed by atoms with van der Waals surface area (Å²) >= 11 is 1.39. The van der Waals surface area contributed by atoms with E-state index in [-0.39, 0.29) is 17.5 Å². The SMILES string of the molecule is O=C(c1cc2cc(F)ccc2s1)N1CCN(Cc2ccccc2F)CC1. The topological polar surface area (TPSA) is 23.6 Å². The van der Waals surface area contributed by atoms with Crippen LogP contribution in [0.2, 0.25) is 0 Å². The van der Waals surface area contributed by atoms with Gasteiger partial charge in [0.05, 0.1) is 4.88 Å². The van der Waals surface area contributed by atoms with E-state index in [2.05, 4.69) is 4.90 Å². The fraction of sp³-hybridized carbons (Fsp3) is 0.250. The van der Waals surface area contributed by atoms with Crippen LogP contribution in [0.15, 0.2) is 48.5 Å². The monoisotopic (exact) mass is 372 g/mol. The Morgan fingerprint density at radius 1 is 1.00 bits per heavy atom. The lowest BCUT2D eigenvalue weighted by atomic mass is 10.2. The summed E-state index contributed by atoms with van der Waals surface area (Å²) in [7, 11) is 0.